The summed E-state index contributed by atoms with van der Waals surface area (Å²) in [6.45, 7) is 3.08. The highest BCUT2D eigenvalue weighted by Gasteiger charge is 2.42. The minimum absolute atomic E-state index is 0.0499. The van der Waals surface area contributed by atoms with Gasteiger partial charge < -0.3 is 24.0 Å². The van der Waals surface area contributed by atoms with E-state index in [-0.39, 0.29) is 38.0 Å². The van der Waals surface area contributed by atoms with E-state index in [1.165, 1.54) is 0 Å². The molecule has 3 heterocycles. The third kappa shape index (κ3) is 5.61. The van der Waals surface area contributed by atoms with E-state index >= 15 is 0 Å². The van der Waals surface area contributed by atoms with Crippen LogP contribution < -0.4 is 4.74 Å². The zero-order valence-corrected chi connectivity index (χ0v) is 20.7. The second-order valence-corrected chi connectivity index (χ2v) is 9.50. The van der Waals surface area contributed by atoms with E-state index in [4.69, 9.17) is 25.8 Å². The van der Waals surface area contributed by atoms with Gasteiger partial charge in [0, 0.05) is 30.0 Å². The van der Waals surface area contributed by atoms with Crippen LogP contribution in [0.2, 0.25) is 5.02 Å². The molecule has 0 saturated carbocycles. The first-order chi connectivity index (χ1) is 17.5. The first-order valence-corrected chi connectivity index (χ1v) is 12.4. The Balaban J connectivity index is 1.37. The highest BCUT2D eigenvalue weighted by Crippen LogP contribution is 2.27. The Kier molecular flexibility index (Phi) is 7.36. The number of morpholine rings is 2. The Bertz CT molecular complexity index is 1250. The largest absolute Gasteiger partial charge is 0.490 e. The summed E-state index contributed by atoms with van der Waals surface area (Å²) < 4.78 is 17.7. The Hall–Kier alpha value is -3.20. The number of fused-ring (bicyclic) bond motifs is 1. The first kappa shape index (κ1) is 24.5. The number of nitrogens with zero attached hydrogens (tertiary/aromatic N) is 3. The zero-order valence-electron chi connectivity index (χ0n) is 19.9. The van der Waals surface area contributed by atoms with E-state index < -0.39 is 5.60 Å². The summed E-state index contributed by atoms with van der Waals surface area (Å²) in [7, 11) is 0. The number of amides is 2. The Morgan fingerprint density at radius 1 is 0.972 bits per heavy atom. The fraction of sp³-hybridized carbons (Fsp3) is 0.370. The molecule has 36 heavy (non-hydrogen) atoms. The number of hydrogen-bond acceptors (Lipinski definition) is 6. The van der Waals surface area contributed by atoms with Crippen molar-refractivity contribution >= 4 is 34.3 Å². The summed E-state index contributed by atoms with van der Waals surface area (Å²) in [5, 5.41) is 1.52. The molecule has 0 radical (unpaired) electrons. The average molecular weight is 510 g/mol. The van der Waals surface area contributed by atoms with Gasteiger partial charge in [0.15, 0.2) is 0 Å². The van der Waals surface area contributed by atoms with Gasteiger partial charge in [-0.2, -0.15) is 0 Å². The van der Waals surface area contributed by atoms with Crippen LogP contribution in [0.1, 0.15) is 16.9 Å². The molecule has 5 rings (SSSR count). The highest BCUT2D eigenvalue weighted by molar-refractivity contribution is 6.30. The highest BCUT2D eigenvalue weighted by atomic mass is 35.5. The third-order valence-corrected chi connectivity index (χ3v) is 6.72. The maximum atomic E-state index is 13.5. The van der Waals surface area contributed by atoms with Crippen LogP contribution in [0.3, 0.4) is 0 Å². The molecule has 9 heteroatoms. The van der Waals surface area contributed by atoms with Crippen LogP contribution in [0.4, 0.5) is 0 Å². The molecule has 0 spiro atoms. The van der Waals surface area contributed by atoms with Crippen molar-refractivity contribution in [2.24, 2.45) is 0 Å². The van der Waals surface area contributed by atoms with Crippen LogP contribution >= 0.6 is 11.6 Å². The second kappa shape index (κ2) is 10.8. The predicted molar refractivity (Wildman–Crippen MR) is 135 cm³/mol. The monoisotopic (exact) mass is 509 g/mol. The van der Waals surface area contributed by atoms with Crippen molar-refractivity contribution in [1.29, 1.82) is 0 Å². The van der Waals surface area contributed by atoms with Crippen molar-refractivity contribution in [3.05, 3.63) is 71.4 Å². The number of halogens is 1. The van der Waals surface area contributed by atoms with E-state index in [1.54, 1.807) is 40.1 Å². The summed E-state index contributed by atoms with van der Waals surface area (Å²) in [5.74, 6) is 0.324. The van der Waals surface area contributed by atoms with Gasteiger partial charge in [0.1, 0.15) is 23.7 Å². The summed E-state index contributed by atoms with van der Waals surface area (Å²) >= 11 is 6.12. The molecular formula is C27H28ClN3O5. The maximum Gasteiger partial charge on any atom is 0.272 e. The number of aromatic nitrogens is 1. The molecular weight excluding hydrogens is 482 g/mol. The molecule has 2 fully saturated rings. The fourth-order valence-corrected chi connectivity index (χ4v) is 4.76. The van der Waals surface area contributed by atoms with Crippen LogP contribution in [0.5, 0.6) is 5.75 Å². The lowest BCUT2D eigenvalue weighted by molar-refractivity contribution is -0.155. The molecule has 2 aliphatic heterocycles. The third-order valence-electron chi connectivity index (χ3n) is 6.49. The van der Waals surface area contributed by atoms with Crippen molar-refractivity contribution in [3.63, 3.8) is 0 Å². The number of carbonyl (C=O) groups is 2. The van der Waals surface area contributed by atoms with Crippen molar-refractivity contribution in [1.82, 2.24) is 14.8 Å². The summed E-state index contributed by atoms with van der Waals surface area (Å²) in [4.78, 5) is 34.8. The van der Waals surface area contributed by atoms with Gasteiger partial charge in [-0.3, -0.25) is 9.59 Å². The van der Waals surface area contributed by atoms with Gasteiger partial charge in [-0.25, -0.2) is 4.98 Å². The molecule has 2 amide bonds. The van der Waals surface area contributed by atoms with Gasteiger partial charge in [-0.1, -0.05) is 41.9 Å². The van der Waals surface area contributed by atoms with Crippen molar-refractivity contribution < 1.29 is 23.8 Å². The van der Waals surface area contributed by atoms with E-state index in [0.717, 1.165) is 10.9 Å². The first-order valence-electron chi connectivity index (χ1n) is 12.0. The minimum atomic E-state index is -1.01. The molecule has 188 valence electrons. The van der Waals surface area contributed by atoms with Crippen LogP contribution in [0, 0.1) is 0 Å². The molecule has 8 nitrogen and oxygen atoms in total. The number of benzene rings is 2. The second-order valence-electron chi connectivity index (χ2n) is 9.06. The SMILES string of the molecule is O=C(C[C@]1(COc2cccc(Cl)c2)CN(C(=O)c2ccc3ccccc3n2)CCO1)N1CCOCC1. The lowest BCUT2D eigenvalue weighted by atomic mass is 9.96. The number of para-hydroxylation sites is 1. The number of rotatable bonds is 6. The van der Waals surface area contributed by atoms with Gasteiger partial charge in [-0.05, 0) is 30.3 Å². The quantitative estimate of drug-likeness (QED) is 0.506. The molecule has 0 bridgehead atoms. The molecule has 0 unspecified atom stereocenters. The lowest BCUT2D eigenvalue weighted by Gasteiger charge is -2.43. The van der Waals surface area contributed by atoms with E-state index in [2.05, 4.69) is 4.98 Å². The number of carbonyl (C=O) groups excluding carboxylic acids is 2. The van der Waals surface area contributed by atoms with Gasteiger partial charge in [0.2, 0.25) is 5.91 Å². The van der Waals surface area contributed by atoms with Crippen molar-refractivity contribution in [2.75, 3.05) is 52.6 Å². The Morgan fingerprint density at radius 2 is 1.78 bits per heavy atom. The number of ether oxygens (including phenoxy) is 3. The maximum absolute atomic E-state index is 13.5. The Labute approximate surface area is 214 Å². The number of pyridine rings is 1. The van der Waals surface area contributed by atoms with Crippen LogP contribution in [-0.4, -0.2) is 84.8 Å². The smallest absolute Gasteiger partial charge is 0.272 e. The number of hydrogen-bond donors (Lipinski definition) is 0. The van der Waals surface area contributed by atoms with Crippen LogP contribution in [0.25, 0.3) is 10.9 Å². The molecule has 2 aliphatic rings. The summed E-state index contributed by atoms with van der Waals surface area (Å²) in [6, 6.07) is 18.4. The van der Waals surface area contributed by atoms with E-state index in [9.17, 15) is 9.59 Å². The van der Waals surface area contributed by atoms with Crippen LogP contribution in [0.15, 0.2) is 60.7 Å². The lowest BCUT2D eigenvalue weighted by Crippen LogP contribution is -2.58. The topological polar surface area (TPSA) is 81.2 Å². The van der Waals surface area contributed by atoms with Crippen molar-refractivity contribution in [2.45, 2.75) is 12.0 Å². The van der Waals surface area contributed by atoms with Crippen molar-refractivity contribution in [3.8, 4) is 5.75 Å². The van der Waals surface area contributed by atoms with Gasteiger partial charge in [-0.15, -0.1) is 0 Å². The molecule has 2 aromatic carbocycles. The summed E-state index contributed by atoms with van der Waals surface area (Å²) in [5.41, 5.74) is 0.108. The normalized spacial score (nSPS) is 20.4. The zero-order chi connectivity index (χ0) is 25.0. The minimum Gasteiger partial charge on any atom is -0.490 e. The molecule has 2 saturated heterocycles. The Morgan fingerprint density at radius 3 is 2.61 bits per heavy atom. The average Bonchev–Trinajstić information content (AvgIpc) is 2.92. The van der Waals surface area contributed by atoms with E-state index in [0.29, 0.717) is 49.3 Å². The molecule has 1 atom stereocenters. The molecule has 3 aromatic rings. The molecule has 0 N–H and O–H groups in total. The fourth-order valence-electron chi connectivity index (χ4n) is 4.58. The van der Waals surface area contributed by atoms with Gasteiger partial charge in [0.05, 0.1) is 38.3 Å². The molecule has 0 aliphatic carbocycles. The standard InChI is InChI=1S/C27H28ClN3O5/c28-21-5-3-6-22(16-21)35-19-27(17-25(32)30-10-13-34-14-11-30)18-31(12-15-36-27)26(33)24-9-8-20-4-1-2-7-23(20)29-24/h1-9,16H,10-15,17-19H2/t27-/m1/s1. The van der Waals surface area contributed by atoms with E-state index in [1.807, 2.05) is 30.3 Å². The summed E-state index contributed by atoms with van der Waals surface area (Å²) in [6.07, 6.45) is 0.0858. The van der Waals surface area contributed by atoms with Gasteiger partial charge >= 0.3 is 0 Å². The van der Waals surface area contributed by atoms with Gasteiger partial charge in [0.25, 0.3) is 5.91 Å². The molecule has 1 aromatic heterocycles. The van der Waals surface area contributed by atoms with Crippen LogP contribution in [-0.2, 0) is 14.3 Å². The predicted octanol–water partition coefficient (Wildman–Crippen LogP) is 3.43.